The summed E-state index contributed by atoms with van der Waals surface area (Å²) >= 11 is 0. The van der Waals surface area contributed by atoms with E-state index in [4.69, 9.17) is 4.74 Å². The van der Waals surface area contributed by atoms with Crippen molar-refractivity contribution in [3.8, 4) is 5.75 Å². The van der Waals surface area contributed by atoms with E-state index in [1.165, 1.54) is 24.0 Å². The molecule has 24 heavy (non-hydrogen) atoms. The Morgan fingerprint density at radius 3 is 2.38 bits per heavy atom. The third-order valence-corrected chi connectivity index (χ3v) is 4.29. The van der Waals surface area contributed by atoms with Gasteiger partial charge in [-0.05, 0) is 49.6 Å². The lowest BCUT2D eigenvalue weighted by atomic mass is 10.1. The molecule has 0 unspecified atom stereocenters. The second-order valence-electron chi connectivity index (χ2n) is 6.40. The molecule has 0 atom stereocenters. The molecule has 1 amide bonds. The first-order valence-electron chi connectivity index (χ1n) is 8.37. The van der Waals surface area contributed by atoms with Gasteiger partial charge in [0.05, 0.1) is 13.7 Å². The van der Waals surface area contributed by atoms with Gasteiger partial charge in [0.15, 0.2) is 0 Å². The van der Waals surface area contributed by atoms with Crippen molar-refractivity contribution in [1.29, 1.82) is 0 Å². The first kappa shape index (κ1) is 16.5. The van der Waals surface area contributed by atoms with Gasteiger partial charge in [-0.1, -0.05) is 29.8 Å². The monoisotopic (exact) mass is 324 g/mol. The fourth-order valence-corrected chi connectivity index (χ4v) is 2.74. The van der Waals surface area contributed by atoms with Gasteiger partial charge in [-0.15, -0.1) is 0 Å². The highest BCUT2D eigenvalue weighted by molar-refractivity contribution is 5.92. The second-order valence-corrected chi connectivity index (χ2v) is 6.40. The van der Waals surface area contributed by atoms with Crippen molar-refractivity contribution >= 4 is 11.6 Å². The van der Waals surface area contributed by atoms with Crippen LogP contribution in [0.3, 0.4) is 0 Å². The molecule has 4 nitrogen and oxygen atoms in total. The molecule has 2 aromatic rings. The molecule has 0 saturated heterocycles. The highest BCUT2D eigenvalue weighted by Gasteiger charge is 2.30. The highest BCUT2D eigenvalue weighted by Crippen LogP contribution is 2.28. The van der Waals surface area contributed by atoms with Crippen LogP contribution in [0.25, 0.3) is 0 Å². The molecule has 0 bridgehead atoms. The van der Waals surface area contributed by atoms with E-state index < -0.39 is 0 Å². The maximum Gasteiger partial charge on any atom is 0.238 e. The van der Waals surface area contributed by atoms with E-state index in [2.05, 4.69) is 41.4 Å². The van der Waals surface area contributed by atoms with E-state index in [1.807, 2.05) is 24.3 Å². The molecule has 1 aliphatic rings. The number of methoxy groups -OCH3 is 1. The van der Waals surface area contributed by atoms with E-state index in [0.717, 1.165) is 18.0 Å². The summed E-state index contributed by atoms with van der Waals surface area (Å²) in [6.07, 6.45) is 2.36. The Morgan fingerprint density at radius 2 is 1.79 bits per heavy atom. The Labute approximate surface area is 143 Å². The summed E-state index contributed by atoms with van der Waals surface area (Å²) in [5.74, 6) is 0.811. The zero-order valence-electron chi connectivity index (χ0n) is 14.3. The maximum absolute atomic E-state index is 12.4. The van der Waals surface area contributed by atoms with Gasteiger partial charge in [0.1, 0.15) is 5.75 Å². The summed E-state index contributed by atoms with van der Waals surface area (Å²) < 4.78 is 5.13. The van der Waals surface area contributed by atoms with Crippen molar-refractivity contribution in [3.63, 3.8) is 0 Å². The van der Waals surface area contributed by atoms with Crippen LogP contribution in [0.2, 0.25) is 0 Å². The van der Waals surface area contributed by atoms with Gasteiger partial charge in [-0.3, -0.25) is 9.69 Å². The van der Waals surface area contributed by atoms with Crippen LogP contribution in [0.4, 0.5) is 5.69 Å². The molecule has 0 radical (unpaired) electrons. The van der Waals surface area contributed by atoms with Crippen LogP contribution in [-0.2, 0) is 11.3 Å². The Morgan fingerprint density at radius 1 is 1.12 bits per heavy atom. The number of hydrogen-bond donors (Lipinski definition) is 1. The van der Waals surface area contributed by atoms with Gasteiger partial charge in [-0.2, -0.15) is 0 Å². The van der Waals surface area contributed by atoms with E-state index in [9.17, 15) is 4.79 Å². The molecule has 1 N–H and O–H groups in total. The molecule has 126 valence electrons. The standard InChI is InChI=1S/C20H24N2O2/c1-15-3-5-16(6-4-15)13-22(18-9-10-18)14-20(23)21-17-7-11-19(24-2)12-8-17/h3-8,11-12,18H,9-10,13-14H2,1-2H3,(H,21,23). The lowest BCUT2D eigenvalue weighted by Crippen LogP contribution is -2.34. The molecule has 0 heterocycles. The van der Waals surface area contributed by atoms with Crippen LogP contribution < -0.4 is 10.1 Å². The maximum atomic E-state index is 12.4. The smallest absolute Gasteiger partial charge is 0.238 e. The molecule has 0 aromatic heterocycles. The number of ether oxygens (including phenoxy) is 1. The lowest BCUT2D eigenvalue weighted by Gasteiger charge is -2.21. The molecule has 4 heteroatoms. The number of carbonyl (C=O) groups is 1. The quantitative estimate of drug-likeness (QED) is 0.846. The molecule has 1 saturated carbocycles. The van der Waals surface area contributed by atoms with Crippen molar-refractivity contribution in [2.75, 3.05) is 19.0 Å². The number of nitrogens with zero attached hydrogens (tertiary/aromatic N) is 1. The normalized spacial score (nSPS) is 13.8. The van der Waals surface area contributed by atoms with Crippen LogP contribution in [0.5, 0.6) is 5.75 Å². The molecule has 2 aromatic carbocycles. The van der Waals surface area contributed by atoms with Crippen molar-refractivity contribution in [1.82, 2.24) is 4.90 Å². The minimum Gasteiger partial charge on any atom is -0.497 e. The number of nitrogens with one attached hydrogen (secondary N) is 1. The third kappa shape index (κ3) is 4.59. The van der Waals surface area contributed by atoms with E-state index in [-0.39, 0.29) is 5.91 Å². The van der Waals surface area contributed by atoms with Crippen molar-refractivity contribution < 1.29 is 9.53 Å². The fraction of sp³-hybridized carbons (Fsp3) is 0.350. The predicted octanol–water partition coefficient (Wildman–Crippen LogP) is 3.61. The van der Waals surface area contributed by atoms with Crippen molar-refractivity contribution in [3.05, 3.63) is 59.7 Å². The van der Waals surface area contributed by atoms with Crippen LogP contribution >= 0.6 is 0 Å². The minimum atomic E-state index is 0.0270. The van der Waals surface area contributed by atoms with E-state index in [0.29, 0.717) is 12.6 Å². The zero-order chi connectivity index (χ0) is 16.9. The number of benzene rings is 2. The summed E-state index contributed by atoms with van der Waals surface area (Å²) in [4.78, 5) is 14.6. The number of anilines is 1. The molecular formula is C20H24N2O2. The molecule has 1 aliphatic carbocycles. The predicted molar refractivity (Wildman–Crippen MR) is 96.2 cm³/mol. The first-order valence-corrected chi connectivity index (χ1v) is 8.37. The van der Waals surface area contributed by atoms with Gasteiger partial charge in [0.2, 0.25) is 5.91 Å². The molecular weight excluding hydrogens is 300 g/mol. The summed E-state index contributed by atoms with van der Waals surface area (Å²) in [6.45, 7) is 3.33. The van der Waals surface area contributed by atoms with Gasteiger partial charge in [-0.25, -0.2) is 0 Å². The largest absolute Gasteiger partial charge is 0.497 e. The topological polar surface area (TPSA) is 41.6 Å². The van der Waals surface area contributed by atoms with E-state index in [1.54, 1.807) is 7.11 Å². The summed E-state index contributed by atoms with van der Waals surface area (Å²) in [7, 11) is 1.63. The van der Waals surface area contributed by atoms with Crippen LogP contribution in [-0.4, -0.2) is 30.5 Å². The summed E-state index contributed by atoms with van der Waals surface area (Å²) in [5, 5.41) is 2.97. The van der Waals surface area contributed by atoms with Gasteiger partial charge in [0, 0.05) is 18.3 Å². The Balaban J connectivity index is 1.58. The third-order valence-electron chi connectivity index (χ3n) is 4.29. The average Bonchev–Trinajstić information content (AvgIpc) is 3.42. The van der Waals surface area contributed by atoms with E-state index >= 15 is 0 Å². The van der Waals surface area contributed by atoms with Crippen LogP contribution in [0, 0.1) is 6.92 Å². The van der Waals surface area contributed by atoms with Crippen molar-refractivity contribution in [2.45, 2.75) is 32.4 Å². The lowest BCUT2D eigenvalue weighted by molar-refractivity contribution is -0.117. The molecule has 1 fully saturated rings. The zero-order valence-corrected chi connectivity index (χ0v) is 14.3. The fourth-order valence-electron chi connectivity index (χ4n) is 2.74. The Bertz CT molecular complexity index is 676. The Kier molecular flexibility index (Phi) is 5.16. The number of amides is 1. The summed E-state index contributed by atoms with van der Waals surface area (Å²) in [6, 6.07) is 16.5. The Hall–Kier alpha value is -2.33. The number of rotatable bonds is 7. The molecule has 0 spiro atoms. The van der Waals surface area contributed by atoms with Crippen LogP contribution in [0.15, 0.2) is 48.5 Å². The SMILES string of the molecule is COc1ccc(NC(=O)CN(Cc2ccc(C)cc2)C2CC2)cc1. The summed E-state index contributed by atoms with van der Waals surface area (Å²) in [5.41, 5.74) is 3.31. The number of carbonyl (C=O) groups excluding carboxylic acids is 1. The average molecular weight is 324 g/mol. The second kappa shape index (κ2) is 7.49. The molecule has 0 aliphatic heterocycles. The number of aryl methyl sites for hydroxylation is 1. The number of hydrogen-bond acceptors (Lipinski definition) is 3. The molecule has 3 rings (SSSR count). The minimum absolute atomic E-state index is 0.0270. The van der Waals surface area contributed by atoms with Gasteiger partial charge in [0.25, 0.3) is 0 Å². The highest BCUT2D eigenvalue weighted by atomic mass is 16.5. The van der Waals surface area contributed by atoms with Crippen molar-refractivity contribution in [2.24, 2.45) is 0 Å². The van der Waals surface area contributed by atoms with Crippen LogP contribution in [0.1, 0.15) is 24.0 Å². The van der Waals surface area contributed by atoms with Gasteiger partial charge >= 0.3 is 0 Å². The van der Waals surface area contributed by atoms with Gasteiger partial charge < -0.3 is 10.1 Å². The first-order chi connectivity index (χ1) is 11.6.